The highest BCUT2D eigenvalue weighted by Gasteiger charge is 2.14. The lowest BCUT2D eigenvalue weighted by molar-refractivity contribution is 0.1000. The molecule has 5 nitrogen and oxygen atoms in total. The summed E-state index contributed by atoms with van der Waals surface area (Å²) in [5.74, 6) is 0.123. The lowest BCUT2D eigenvalue weighted by atomic mass is 10.0. The fourth-order valence-corrected chi connectivity index (χ4v) is 2.66. The number of carbonyl (C=O) groups excluding carboxylic acids is 1. The van der Waals surface area contributed by atoms with Gasteiger partial charge in [-0.25, -0.2) is 0 Å². The maximum Gasteiger partial charge on any atom is 0.249 e. The van der Waals surface area contributed by atoms with Crippen molar-refractivity contribution < 1.29 is 9.53 Å². The molecule has 0 unspecified atom stereocenters. The number of nitrogens with zero attached hydrogens (tertiary/aromatic N) is 2. The summed E-state index contributed by atoms with van der Waals surface area (Å²) in [4.78, 5) is 11.9. The standard InChI is InChI=1S/C20H21N3O2/c1-14(2)25-16-8-9-17(18(12-16)20(21)24)19-10-11-23(22-19)13-15-6-4-3-5-7-15/h3-12,14H,13H2,1-2H3,(H2,21,24). The molecule has 0 aliphatic heterocycles. The molecule has 2 aromatic carbocycles. The second kappa shape index (κ2) is 7.21. The Labute approximate surface area is 147 Å². The summed E-state index contributed by atoms with van der Waals surface area (Å²) in [5, 5.41) is 4.58. The normalized spacial score (nSPS) is 10.8. The molecule has 128 valence electrons. The van der Waals surface area contributed by atoms with Crippen LogP contribution in [0.25, 0.3) is 11.3 Å². The fourth-order valence-electron chi connectivity index (χ4n) is 2.66. The van der Waals surface area contributed by atoms with Gasteiger partial charge in [0, 0.05) is 11.8 Å². The minimum Gasteiger partial charge on any atom is -0.491 e. The first-order valence-electron chi connectivity index (χ1n) is 8.21. The van der Waals surface area contributed by atoms with Gasteiger partial charge in [-0.05, 0) is 43.7 Å². The van der Waals surface area contributed by atoms with Gasteiger partial charge in [0.25, 0.3) is 0 Å². The van der Waals surface area contributed by atoms with E-state index >= 15 is 0 Å². The maximum atomic E-state index is 11.9. The minimum atomic E-state index is -0.498. The molecule has 1 aromatic heterocycles. The fraction of sp³-hybridized carbons (Fsp3) is 0.200. The van der Waals surface area contributed by atoms with Crippen LogP contribution in [0.15, 0.2) is 60.8 Å². The zero-order valence-corrected chi connectivity index (χ0v) is 14.3. The summed E-state index contributed by atoms with van der Waals surface area (Å²) in [6, 6.07) is 17.3. The molecule has 25 heavy (non-hydrogen) atoms. The maximum absolute atomic E-state index is 11.9. The van der Waals surface area contributed by atoms with Crippen molar-refractivity contribution in [2.45, 2.75) is 26.5 Å². The molecule has 1 amide bonds. The molecule has 0 atom stereocenters. The van der Waals surface area contributed by atoms with Gasteiger partial charge in [-0.3, -0.25) is 9.48 Å². The number of primary amides is 1. The Morgan fingerprint density at radius 1 is 1.16 bits per heavy atom. The second-order valence-electron chi connectivity index (χ2n) is 6.12. The number of carbonyl (C=O) groups is 1. The van der Waals surface area contributed by atoms with E-state index < -0.39 is 5.91 Å². The van der Waals surface area contributed by atoms with Crippen LogP contribution in [0.3, 0.4) is 0 Å². The summed E-state index contributed by atoms with van der Waals surface area (Å²) in [5.41, 5.74) is 8.53. The van der Waals surface area contributed by atoms with Crippen LogP contribution in [-0.4, -0.2) is 21.8 Å². The monoisotopic (exact) mass is 335 g/mol. The number of hydrogen-bond acceptors (Lipinski definition) is 3. The topological polar surface area (TPSA) is 70.1 Å². The Morgan fingerprint density at radius 2 is 1.92 bits per heavy atom. The number of hydrogen-bond donors (Lipinski definition) is 1. The largest absolute Gasteiger partial charge is 0.491 e. The predicted octanol–water partition coefficient (Wildman–Crippen LogP) is 3.48. The van der Waals surface area contributed by atoms with E-state index in [2.05, 4.69) is 5.10 Å². The van der Waals surface area contributed by atoms with E-state index in [1.54, 1.807) is 6.07 Å². The molecule has 2 N–H and O–H groups in total. The first-order chi connectivity index (χ1) is 12.0. The van der Waals surface area contributed by atoms with Gasteiger partial charge in [-0.2, -0.15) is 5.10 Å². The predicted molar refractivity (Wildman–Crippen MR) is 97.5 cm³/mol. The average Bonchev–Trinajstić information content (AvgIpc) is 3.03. The Kier molecular flexibility index (Phi) is 4.84. The van der Waals surface area contributed by atoms with Crippen LogP contribution in [0.2, 0.25) is 0 Å². The highest BCUT2D eigenvalue weighted by atomic mass is 16.5. The van der Waals surface area contributed by atoms with E-state index in [1.165, 1.54) is 0 Å². The van der Waals surface area contributed by atoms with Crippen molar-refractivity contribution in [3.63, 3.8) is 0 Å². The van der Waals surface area contributed by atoms with Gasteiger partial charge in [-0.1, -0.05) is 30.3 Å². The van der Waals surface area contributed by atoms with Gasteiger partial charge in [-0.15, -0.1) is 0 Å². The van der Waals surface area contributed by atoms with Crippen molar-refractivity contribution in [3.8, 4) is 17.0 Å². The Balaban J connectivity index is 1.90. The van der Waals surface area contributed by atoms with Crippen molar-refractivity contribution in [3.05, 3.63) is 71.9 Å². The quantitative estimate of drug-likeness (QED) is 0.749. The average molecular weight is 335 g/mol. The molecule has 0 bridgehead atoms. The van der Waals surface area contributed by atoms with Crippen LogP contribution in [-0.2, 0) is 6.54 Å². The molecule has 3 aromatic rings. The Morgan fingerprint density at radius 3 is 2.60 bits per heavy atom. The summed E-state index contributed by atoms with van der Waals surface area (Å²) in [6.45, 7) is 4.54. The third kappa shape index (κ3) is 4.07. The van der Waals surface area contributed by atoms with Gasteiger partial charge in [0.2, 0.25) is 5.91 Å². The van der Waals surface area contributed by atoms with Crippen molar-refractivity contribution in [2.75, 3.05) is 0 Å². The van der Waals surface area contributed by atoms with Gasteiger partial charge < -0.3 is 10.5 Å². The van der Waals surface area contributed by atoms with Crippen LogP contribution in [0, 0.1) is 0 Å². The van der Waals surface area contributed by atoms with Gasteiger partial charge in [0.15, 0.2) is 0 Å². The van der Waals surface area contributed by atoms with Crippen molar-refractivity contribution in [2.24, 2.45) is 5.73 Å². The number of ether oxygens (including phenoxy) is 1. The van der Waals surface area contributed by atoms with Crippen LogP contribution in [0.1, 0.15) is 29.8 Å². The molecule has 0 saturated heterocycles. The molecule has 0 radical (unpaired) electrons. The highest BCUT2D eigenvalue weighted by Crippen LogP contribution is 2.26. The molecule has 0 saturated carbocycles. The van der Waals surface area contributed by atoms with Crippen molar-refractivity contribution in [1.29, 1.82) is 0 Å². The molecule has 3 rings (SSSR count). The van der Waals surface area contributed by atoms with Gasteiger partial charge >= 0.3 is 0 Å². The Hall–Kier alpha value is -3.08. The third-order valence-corrected chi connectivity index (χ3v) is 3.73. The molecular formula is C20H21N3O2. The van der Waals surface area contributed by atoms with E-state index in [1.807, 2.05) is 73.3 Å². The van der Waals surface area contributed by atoms with E-state index in [4.69, 9.17) is 10.5 Å². The first-order valence-corrected chi connectivity index (χ1v) is 8.21. The van der Waals surface area contributed by atoms with E-state index in [-0.39, 0.29) is 6.10 Å². The second-order valence-corrected chi connectivity index (χ2v) is 6.12. The summed E-state index contributed by atoms with van der Waals surface area (Å²) >= 11 is 0. The lowest BCUT2D eigenvalue weighted by Gasteiger charge is -2.12. The van der Waals surface area contributed by atoms with Crippen LogP contribution in [0.4, 0.5) is 0 Å². The number of amides is 1. The van der Waals surface area contributed by atoms with E-state index in [0.717, 1.165) is 5.56 Å². The van der Waals surface area contributed by atoms with Gasteiger partial charge in [0.05, 0.1) is 23.9 Å². The van der Waals surface area contributed by atoms with E-state index in [9.17, 15) is 4.79 Å². The summed E-state index contributed by atoms with van der Waals surface area (Å²) < 4.78 is 7.49. The zero-order valence-electron chi connectivity index (χ0n) is 14.3. The molecule has 0 spiro atoms. The molecule has 5 heteroatoms. The van der Waals surface area contributed by atoms with Crippen LogP contribution >= 0.6 is 0 Å². The first kappa shape index (κ1) is 16.8. The molecule has 1 heterocycles. The van der Waals surface area contributed by atoms with Gasteiger partial charge in [0.1, 0.15) is 5.75 Å². The third-order valence-electron chi connectivity index (χ3n) is 3.73. The smallest absolute Gasteiger partial charge is 0.249 e. The number of aromatic nitrogens is 2. The zero-order chi connectivity index (χ0) is 17.8. The molecular weight excluding hydrogens is 314 g/mol. The lowest BCUT2D eigenvalue weighted by Crippen LogP contribution is -2.14. The molecule has 0 fully saturated rings. The van der Waals surface area contributed by atoms with Crippen LogP contribution < -0.4 is 10.5 Å². The molecule has 0 aliphatic rings. The van der Waals surface area contributed by atoms with E-state index in [0.29, 0.717) is 29.1 Å². The van der Waals surface area contributed by atoms with Crippen molar-refractivity contribution in [1.82, 2.24) is 9.78 Å². The number of nitrogens with two attached hydrogens (primary N) is 1. The summed E-state index contributed by atoms with van der Waals surface area (Å²) in [6.07, 6.45) is 1.92. The van der Waals surface area contributed by atoms with Crippen LogP contribution in [0.5, 0.6) is 5.75 Å². The molecule has 0 aliphatic carbocycles. The minimum absolute atomic E-state index is 0.0247. The highest BCUT2D eigenvalue weighted by molar-refractivity contribution is 5.99. The van der Waals surface area contributed by atoms with Crippen molar-refractivity contribution >= 4 is 5.91 Å². The SMILES string of the molecule is CC(C)Oc1ccc(-c2ccn(Cc3ccccc3)n2)c(C(N)=O)c1. The number of benzene rings is 2. The number of rotatable bonds is 6. The summed E-state index contributed by atoms with van der Waals surface area (Å²) in [7, 11) is 0. The Bertz CT molecular complexity index is 870.